The van der Waals surface area contributed by atoms with E-state index in [4.69, 9.17) is 4.74 Å². The van der Waals surface area contributed by atoms with Gasteiger partial charge in [-0.2, -0.15) is 13.2 Å². The van der Waals surface area contributed by atoms with E-state index in [-0.39, 0.29) is 17.4 Å². The third-order valence-corrected chi connectivity index (χ3v) is 5.01. The van der Waals surface area contributed by atoms with Gasteiger partial charge in [0, 0.05) is 26.2 Å². The lowest BCUT2D eigenvalue weighted by Crippen LogP contribution is -2.47. The molecule has 1 fully saturated rings. The molecule has 0 bridgehead atoms. The molecule has 1 aliphatic heterocycles. The maximum Gasteiger partial charge on any atom is 0.421 e. The Labute approximate surface area is 182 Å². The van der Waals surface area contributed by atoms with E-state index in [1.54, 1.807) is 12.1 Å². The molecule has 2 rings (SSSR count). The fourth-order valence-corrected chi connectivity index (χ4v) is 3.45. The van der Waals surface area contributed by atoms with Crippen LogP contribution in [0.1, 0.15) is 78.9 Å². The number of methoxy groups -OCH3 is 1. The van der Waals surface area contributed by atoms with Crippen LogP contribution in [0.2, 0.25) is 0 Å². The average Bonchev–Trinajstić information content (AvgIpc) is 2.73. The highest BCUT2D eigenvalue weighted by Crippen LogP contribution is 2.46. The number of hydrogen-bond donors (Lipinski definition) is 0. The largest absolute Gasteiger partial charge is 0.496 e. The number of nitrogens with zero attached hydrogens (tertiary/aromatic N) is 2. The topological polar surface area (TPSA) is 15.7 Å². The molecule has 176 valence electrons. The van der Waals surface area contributed by atoms with Crippen LogP contribution in [0, 0.1) is 5.92 Å². The van der Waals surface area contributed by atoms with Crippen molar-refractivity contribution in [2.45, 2.75) is 73.9 Å². The molecule has 0 atom stereocenters. The van der Waals surface area contributed by atoms with Crippen molar-refractivity contribution in [3.05, 3.63) is 23.3 Å². The maximum atomic E-state index is 13.9. The number of benzene rings is 1. The van der Waals surface area contributed by atoms with Gasteiger partial charge >= 0.3 is 6.18 Å². The number of hydrogen-bond acceptors (Lipinski definition) is 3. The van der Waals surface area contributed by atoms with Crippen molar-refractivity contribution in [2.75, 3.05) is 44.7 Å². The average molecular weight is 433 g/mol. The lowest BCUT2D eigenvalue weighted by Gasteiger charge is -2.38. The molecule has 0 amide bonds. The van der Waals surface area contributed by atoms with Crippen molar-refractivity contribution in [3.63, 3.8) is 0 Å². The smallest absolute Gasteiger partial charge is 0.421 e. The molecule has 1 aromatic carbocycles. The van der Waals surface area contributed by atoms with Crippen LogP contribution in [-0.4, -0.2) is 44.7 Å². The first-order valence-electron chi connectivity index (χ1n) is 11.4. The summed E-state index contributed by atoms with van der Waals surface area (Å²) in [4.78, 5) is 4.19. The molecule has 0 aromatic heterocycles. The second-order valence-electron chi connectivity index (χ2n) is 7.75. The Morgan fingerprint density at radius 1 is 0.933 bits per heavy atom. The molecule has 0 radical (unpaired) electrons. The molecule has 3 nitrogen and oxygen atoms in total. The van der Waals surface area contributed by atoms with Crippen LogP contribution in [0.25, 0.3) is 0 Å². The predicted molar refractivity (Wildman–Crippen MR) is 123 cm³/mol. The Kier molecular flexibility index (Phi) is 13.1. The van der Waals surface area contributed by atoms with Crippen LogP contribution in [0.15, 0.2) is 12.1 Å². The van der Waals surface area contributed by atoms with Gasteiger partial charge in [-0.05, 0) is 36.4 Å². The highest BCUT2D eigenvalue weighted by molar-refractivity contribution is 5.64. The second-order valence-corrected chi connectivity index (χ2v) is 7.75. The molecule has 30 heavy (non-hydrogen) atoms. The Bertz CT molecular complexity index is 593. The Morgan fingerprint density at radius 3 is 1.87 bits per heavy atom. The molecular formula is C24H43F3N2O. The Balaban J connectivity index is 0.00000198. The van der Waals surface area contributed by atoms with Crippen LogP contribution in [0.4, 0.5) is 18.9 Å². The zero-order valence-electron chi connectivity index (χ0n) is 20.5. The molecule has 1 saturated heterocycles. The van der Waals surface area contributed by atoms with Gasteiger partial charge in [-0.3, -0.25) is 4.90 Å². The molecule has 0 unspecified atom stereocenters. The molecule has 1 heterocycles. The zero-order valence-corrected chi connectivity index (χ0v) is 20.5. The fraction of sp³-hybridized carbons (Fsp3) is 0.750. The van der Waals surface area contributed by atoms with Gasteiger partial charge in [-0.15, -0.1) is 0 Å². The first kappa shape index (κ1) is 28.6. The summed E-state index contributed by atoms with van der Waals surface area (Å²) in [6.45, 7) is 19.9. The van der Waals surface area contributed by atoms with Gasteiger partial charge in [0.05, 0.1) is 12.8 Å². The molecule has 0 N–H and O–H groups in total. The Hall–Kier alpha value is -1.43. The molecule has 0 aliphatic carbocycles. The summed E-state index contributed by atoms with van der Waals surface area (Å²) in [5.41, 5.74) is 0.197. The molecule has 0 saturated carbocycles. The van der Waals surface area contributed by atoms with Crippen LogP contribution in [0.5, 0.6) is 5.75 Å². The van der Waals surface area contributed by atoms with E-state index in [0.29, 0.717) is 24.6 Å². The van der Waals surface area contributed by atoms with Gasteiger partial charge in [0.1, 0.15) is 11.3 Å². The predicted octanol–water partition coefficient (Wildman–Crippen LogP) is 7.06. The monoisotopic (exact) mass is 432 g/mol. The van der Waals surface area contributed by atoms with Gasteiger partial charge < -0.3 is 9.64 Å². The van der Waals surface area contributed by atoms with Crippen LogP contribution in [-0.2, 0) is 6.18 Å². The second kappa shape index (κ2) is 13.8. The third kappa shape index (κ3) is 8.01. The van der Waals surface area contributed by atoms with Crippen molar-refractivity contribution in [1.82, 2.24) is 4.90 Å². The van der Waals surface area contributed by atoms with Crippen LogP contribution in [0.3, 0.4) is 0 Å². The molecule has 1 aliphatic rings. The molecule has 6 heteroatoms. The number of ether oxygens (including phenoxy) is 1. The summed E-state index contributed by atoms with van der Waals surface area (Å²) < 4.78 is 46.8. The Morgan fingerprint density at radius 2 is 1.47 bits per heavy atom. The van der Waals surface area contributed by atoms with Gasteiger partial charge in [0.25, 0.3) is 0 Å². The van der Waals surface area contributed by atoms with Gasteiger partial charge in [-0.1, -0.05) is 61.5 Å². The van der Waals surface area contributed by atoms with Gasteiger partial charge in [0.2, 0.25) is 0 Å². The quantitative estimate of drug-likeness (QED) is 0.479. The lowest BCUT2D eigenvalue weighted by atomic mass is 9.96. The molecular weight excluding hydrogens is 389 g/mol. The molecule has 1 aromatic rings. The van der Waals surface area contributed by atoms with E-state index >= 15 is 0 Å². The third-order valence-electron chi connectivity index (χ3n) is 5.01. The highest BCUT2D eigenvalue weighted by atomic mass is 19.4. The van der Waals surface area contributed by atoms with Crippen molar-refractivity contribution in [1.29, 1.82) is 0 Å². The first-order chi connectivity index (χ1) is 14.1. The van der Waals surface area contributed by atoms with E-state index in [0.717, 1.165) is 26.1 Å². The van der Waals surface area contributed by atoms with E-state index in [2.05, 4.69) is 18.7 Å². The number of alkyl halides is 3. The summed E-state index contributed by atoms with van der Waals surface area (Å²) in [6.07, 6.45) is -3.33. The minimum absolute atomic E-state index is 0.0343. The van der Waals surface area contributed by atoms with Crippen LogP contribution < -0.4 is 9.64 Å². The van der Waals surface area contributed by atoms with E-state index in [1.165, 1.54) is 7.11 Å². The standard InChI is InChI=1S/C20H31F3N2O.2C2H6/c1-14(2)8-9-24-10-12-25(13-11-24)17-7-6-16(15(3)4)19(26-5)18(17)20(21,22)23;2*1-2/h6-7,14-15H,8-13H2,1-5H3;2*1-2H3. The number of anilines is 1. The highest BCUT2D eigenvalue weighted by Gasteiger charge is 2.40. The minimum atomic E-state index is -4.44. The first-order valence-corrected chi connectivity index (χ1v) is 11.4. The number of rotatable bonds is 6. The number of halogens is 3. The summed E-state index contributed by atoms with van der Waals surface area (Å²) >= 11 is 0. The van der Waals surface area contributed by atoms with Crippen molar-refractivity contribution in [3.8, 4) is 5.75 Å². The van der Waals surface area contributed by atoms with Crippen molar-refractivity contribution in [2.24, 2.45) is 5.92 Å². The normalized spacial score (nSPS) is 14.8. The van der Waals surface area contributed by atoms with E-state index in [9.17, 15) is 13.2 Å². The summed E-state index contributed by atoms with van der Waals surface area (Å²) in [6, 6.07) is 3.39. The molecule has 0 spiro atoms. The SMILES string of the molecule is CC.CC.COc1c(C(C)C)ccc(N2CCN(CCC(C)C)CC2)c1C(F)(F)F. The zero-order chi connectivity index (χ0) is 23.5. The van der Waals surface area contributed by atoms with Gasteiger partial charge in [-0.25, -0.2) is 0 Å². The van der Waals surface area contributed by atoms with E-state index in [1.807, 2.05) is 46.4 Å². The maximum absolute atomic E-state index is 13.9. The minimum Gasteiger partial charge on any atom is -0.496 e. The summed E-state index contributed by atoms with van der Waals surface area (Å²) in [5, 5.41) is 0. The van der Waals surface area contributed by atoms with Crippen molar-refractivity contribution < 1.29 is 17.9 Å². The fourth-order valence-electron chi connectivity index (χ4n) is 3.45. The van der Waals surface area contributed by atoms with Crippen molar-refractivity contribution >= 4 is 5.69 Å². The summed E-state index contributed by atoms with van der Waals surface area (Å²) in [5.74, 6) is 0.568. The van der Waals surface area contributed by atoms with E-state index < -0.39 is 11.7 Å². The number of piperazine rings is 1. The summed E-state index contributed by atoms with van der Waals surface area (Å²) in [7, 11) is 1.32. The van der Waals surface area contributed by atoms with Gasteiger partial charge in [0.15, 0.2) is 0 Å². The van der Waals surface area contributed by atoms with Crippen LogP contribution >= 0.6 is 0 Å². The lowest BCUT2D eigenvalue weighted by molar-refractivity contribution is -0.138.